The van der Waals surface area contributed by atoms with Crippen LogP contribution in [0.4, 0.5) is 27.6 Å². The number of para-hydroxylation sites is 1. The number of fused-ring (bicyclic) bond motifs is 1. The fourth-order valence-corrected chi connectivity index (χ4v) is 4.11. The average Bonchev–Trinajstić information content (AvgIpc) is 2.86. The first kappa shape index (κ1) is 20.4. The van der Waals surface area contributed by atoms with E-state index in [0.29, 0.717) is 5.70 Å². The average molecular weight is 413 g/mol. The van der Waals surface area contributed by atoms with Crippen LogP contribution in [0, 0.1) is 29.1 Å². The van der Waals surface area contributed by atoms with Gasteiger partial charge in [0, 0.05) is 29.9 Å². The molecule has 0 unspecified atom stereocenters. The maximum absolute atomic E-state index is 13.7. The minimum absolute atomic E-state index is 0.278. The van der Waals surface area contributed by atoms with Gasteiger partial charge in [0.1, 0.15) is 0 Å². The molecule has 0 fully saturated rings. The predicted octanol–water partition coefficient (Wildman–Crippen LogP) is 5.35. The number of rotatable bonds is 4. The van der Waals surface area contributed by atoms with Gasteiger partial charge in [-0.05, 0) is 11.6 Å². The third kappa shape index (κ3) is 3.19. The van der Waals surface area contributed by atoms with Gasteiger partial charge in [0.2, 0.25) is 5.82 Å². The number of allylic oxidation sites excluding steroid dienone is 2. The summed E-state index contributed by atoms with van der Waals surface area (Å²) in [4.78, 5) is 13.2. The Morgan fingerprint density at radius 3 is 2.11 bits per heavy atom. The Morgan fingerprint density at radius 1 is 1.00 bits per heavy atom. The summed E-state index contributed by atoms with van der Waals surface area (Å²) in [5.74, 6) is -11.1. The van der Waals surface area contributed by atoms with Gasteiger partial charge in [-0.15, -0.1) is 11.8 Å². The van der Waals surface area contributed by atoms with Crippen molar-refractivity contribution in [3.8, 4) is 0 Å². The van der Waals surface area contributed by atoms with Crippen molar-refractivity contribution in [3.63, 3.8) is 0 Å². The quantitative estimate of drug-likeness (QED) is 0.221. The molecule has 0 spiro atoms. The van der Waals surface area contributed by atoms with Gasteiger partial charge in [0.15, 0.2) is 29.1 Å². The molecule has 0 saturated heterocycles. The molecule has 1 aliphatic rings. The van der Waals surface area contributed by atoms with Crippen LogP contribution in [-0.2, 0) is 10.2 Å². The zero-order valence-corrected chi connectivity index (χ0v) is 16.1. The van der Waals surface area contributed by atoms with Crippen LogP contribution in [0.25, 0.3) is 0 Å². The smallest absolute Gasteiger partial charge is 0.200 e. The van der Waals surface area contributed by atoms with Crippen molar-refractivity contribution >= 4 is 23.2 Å². The van der Waals surface area contributed by atoms with E-state index in [2.05, 4.69) is 0 Å². The first-order chi connectivity index (χ1) is 13.1. The molecule has 2 aromatic carbocycles. The Hall–Kier alpha value is -2.35. The van der Waals surface area contributed by atoms with Crippen LogP contribution in [0.3, 0.4) is 0 Å². The first-order valence-electron chi connectivity index (χ1n) is 8.29. The number of anilines is 1. The highest BCUT2D eigenvalue weighted by atomic mass is 32.2. The summed E-state index contributed by atoms with van der Waals surface area (Å²) in [6.07, 6.45) is 1.35. The third-order valence-electron chi connectivity index (χ3n) is 4.77. The molecule has 0 atom stereocenters. The zero-order valence-electron chi connectivity index (χ0n) is 15.2. The maximum Gasteiger partial charge on any atom is 0.200 e. The molecule has 0 N–H and O–H groups in total. The number of hydrogen-bond acceptors (Lipinski definition) is 3. The molecule has 2 nitrogen and oxygen atoms in total. The number of likely N-dealkylation sites (N-methyl/N-ethyl adjacent to an activating group) is 1. The Morgan fingerprint density at radius 2 is 1.54 bits per heavy atom. The number of carbonyl (C=O) groups is 1. The minimum Gasteiger partial charge on any atom is -0.347 e. The Bertz CT molecular complexity index is 973. The molecule has 0 aliphatic carbocycles. The largest absolute Gasteiger partial charge is 0.347 e. The molecule has 1 aliphatic heterocycles. The molecule has 8 heteroatoms. The summed E-state index contributed by atoms with van der Waals surface area (Å²) < 4.78 is 67.2. The van der Waals surface area contributed by atoms with Crippen LogP contribution in [0.2, 0.25) is 0 Å². The fourth-order valence-electron chi connectivity index (χ4n) is 3.31. The summed E-state index contributed by atoms with van der Waals surface area (Å²) in [6, 6.07) is 7.61. The molecule has 2 aromatic rings. The number of hydrogen-bond donors (Lipinski definition) is 0. The molecule has 0 aromatic heterocycles. The Kier molecular flexibility index (Phi) is 5.27. The Balaban J connectivity index is 1.85. The molecule has 0 amide bonds. The van der Waals surface area contributed by atoms with E-state index in [-0.39, 0.29) is 11.8 Å². The second kappa shape index (κ2) is 7.24. The topological polar surface area (TPSA) is 20.3 Å². The summed E-state index contributed by atoms with van der Waals surface area (Å²) in [7, 11) is 1.80. The minimum atomic E-state index is -2.22. The van der Waals surface area contributed by atoms with Crippen molar-refractivity contribution in [2.75, 3.05) is 17.7 Å². The van der Waals surface area contributed by atoms with Gasteiger partial charge in [-0.25, -0.2) is 22.0 Å². The molecule has 148 valence electrons. The zero-order chi connectivity index (χ0) is 20.8. The monoisotopic (exact) mass is 413 g/mol. The lowest BCUT2D eigenvalue weighted by atomic mass is 9.83. The lowest BCUT2D eigenvalue weighted by Crippen LogP contribution is -2.24. The van der Waals surface area contributed by atoms with E-state index in [9.17, 15) is 26.7 Å². The van der Waals surface area contributed by atoms with E-state index >= 15 is 0 Å². The maximum atomic E-state index is 13.7. The molecule has 0 bridgehead atoms. The van der Waals surface area contributed by atoms with Crippen molar-refractivity contribution < 1.29 is 26.7 Å². The number of carbonyl (C=O) groups excluding carboxylic acids is 1. The van der Waals surface area contributed by atoms with Crippen LogP contribution in [-0.4, -0.2) is 18.6 Å². The first-order valence-corrected chi connectivity index (χ1v) is 9.28. The van der Waals surface area contributed by atoms with Crippen molar-refractivity contribution in [3.05, 3.63) is 70.7 Å². The molecular weight excluding hydrogens is 397 g/mol. The van der Waals surface area contributed by atoms with Crippen LogP contribution >= 0.6 is 11.8 Å². The standard InChI is InChI=1S/C20H16F5NOS/c1-20(2)11-6-4-5-7-12(11)26(3)13(20)8-10(27)9-28-19-17(24)15(22)14(21)16(23)18(19)25/h4-8H,9H2,1-3H3/b13-8-. The third-order valence-corrected chi connectivity index (χ3v) is 5.84. The molecule has 3 rings (SSSR count). The van der Waals surface area contributed by atoms with Crippen LogP contribution < -0.4 is 4.90 Å². The molecule has 0 saturated carbocycles. The highest BCUT2D eigenvalue weighted by Gasteiger charge is 2.38. The fraction of sp³-hybridized carbons (Fsp3) is 0.250. The molecular formula is C20H16F5NOS. The van der Waals surface area contributed by atoms with Crippen LogP contribution in [0.1, 0.15) is 19.4 Å². The Labute approximate surface area is 163 Å². The molecule has 0 radical (unpaired) electrons. The number of thioether (sulfide) groups is 1. The van der Waals surface area contributed by atoms with E-state index in [1.165, 1.54) is 6.08 Å². The van der Waals surface area contributed by atoms with E-state index in [4.69, 9.17) is 0 Å². The van der Waals surface area contributed by atoms with Crippen LogP contribution in [0.15, 0.2) is 40.9 Å². The summed E-state index contributed by atoms with van der Waals surface area (Å²) in [5.41, 5.74) is 2.15. The highest BCUT2D eigenvalue weighted by molar-refractivity contribution is 8.00. The summed E-state index contributed by atoms with van der Waals surface area (Å²) in [5, 5.41) is 0. The van der Waals surface area contributed by atoms with E-state index in [1.807, 2.05) is 43.0 Å². The van der Waals surface area contributed by atoms with E-state index in [0.717, 1.165) is 11.3 Å². The van der Waals surface area contributed by atoms with Crippen LogP contribution in [0.5, 0.6) is 0 Å². The second-order valence-electron chi connectivity index (χ2n) is 6.88. The van der Waals surface area contributed by atoms with Gasteiger partial charge >= 0.3 is 0 Å². The lowest BCUT2D eigenvalue weighted by molar-refractivity contribution is -0.112. The number of halogens is 5. The van der Waals surface area contributed by atoms with Crippen molar-refractivity contribution in [2.24, 2.45) is 0 Å². The second-order valence-corrected chi connectivity index (χ2v) is 7.87. The van der Waals surface area contributed by atoms with Crippen molar-refractivity contribution in [1.82, 2.24) is 0 Å². The van der Waals surface area contributed by atoms with Gasteiger partial charge in [-0.3, -0.25) is 4.79 Å². The van der Waals surface area contributed by atoms with Gasteiger partial charge in [-0.2, -0.15) is 0 Å². The van der Waals surface area contributed by atoms with E-state index in [1.54, 1.807) is 7.05 Å². The number of nitrogens with zero attached hydrogens (tertiary/aromatic N) is 1. The highest BCUT2D eigenvalue weighted by Crippen LogP contribution is 2.46. The summed E-state index contributed by atoms with van der Waals surface area (Å²) in [6.45, 7) is 3.87. The van der Waals surface area contributed by atoms with Gasteiger partial charge in [-0.1, -0.05) is 32.0 Å². The SMILES string of the molecule is CN1/C(=C\C(=O)CSc2c(F)c(F)c(F)c(F)c2F)C(C)(C)c2ccccc21. The van der Waals surface area contributed by atoms with Gasteiger partial charge in [0.25, 0.3) is 0 Å². The number of benzene rings is 2. The predicted molar refractivity (Wildman–Crippen MR) is 97.9 cm³/mol. The van der Waals surface area contributed by atoms with Gasteiger partial charge in [0.05, 0.1) is 10.6 Å². The van der Waals surface area contributed by atoms with Gasteiger partial charge < -0.3 is 4.90 Å². The molecule has 1 heterocycles. The lowest BCUT2D eigenvalue weighted by Gasteiger charge is -2.23. The summed E-state index contributed by atoms with van der Waals surface area (Å²) >= 11 is 0.278. The molecule has 28 heavy (non-hydrogen) atoms. The van der Waals surface area contributed by atoms with Crippen molar-refractivity contribution in [2.45, 2.75) is 24.2 Å². The number of ketones is 1. The normalized spacial score (nSPS) is 16.6. The van der Waals surface area contributed by atoms with E-state index < -0.39 is 50.9 Å². The van der Waals surface area contributed by atoms with Crippen molar-refractivity contribution in [1.29, 1.82) is 0 Å².